The summed E-state index contributed by atoms with van der Waals surface area (Å²) in [5, 5.41) is 6.95. The van der Waals surface area contributed by atoms with Gasteiger partial charge in [-0.15, -0.1) is 0 Å². The number of amides is 2. The van der Waals surface area contributed by atoms with E-state index in [4.69, 9.17) is 16.3 Å². The minimum Gasteiger partial charge on any atom is -0.488 e. The predicted octanol–water partition coefficient (Wildman–Crippen LogP) is 4.32. The summed E-state index contributed by atoms with van der Waals surface area (Å²) in [5.41, 5.74) is 5.17. The normalized spacial score (nSPS) is 10.6. The average Bonchev–Trinajstić information content (AvgIpc) is 2.75. The quantitative estimate of drug-likeness (QED) is 0.353. The Kier molecular flexibility index (Phi) is 7.19. The van der Waals surface area contributed by atoms with Gasteiger partial charge in [0.2, 0.25) is 0 Å². The average molecular weight is 422 g/mol. The number of ether oxygens (including phenoxy) is 1. The SMILES string of the molecule is Cc1cc(Cl)ccc1NC(=O)C(=O)N/N=C/c1ccccc1OCc1ccccc1. The van der Waals surface area contributed by atoms with Crippen LogP contribution < -0.4 is 15.5 Å². The lowest BCUT2D eigenvalue weighted by Gasteiger charge is -2.09. The minimum atomic E-state index is -0.886. The molecule has 3 aromatic carbocycles. The van der Waals surface area contributed by atoms with Crippen LogP contribution in [0.15, 0.2) is 77.9 Å². The Morgan fingerprint density at radius 3 is 2.50 bits per heavy atom. The number of hydrazone groups is 1. The zero-order valence-electron chi connectivity index (χ0n) is 16.3. The summed E-state index contributed by atoms with van der Waals surface area (Å²) < 4.78 is 5.84. The number of halogens is 1. The maximum atomic E-state index is 12.1. The van der Waals surface area contributed by atoms with Gasteiger partial charge in [0.15, 0.2) is 0 Å². The van der Waals surface area contributed by atoms with E-state index in [9.17, 15) is 9.59 Å². The third-order valence-corrected chi connectivity index (χ3v) is 4.40. The van der Waals surface area contributed by atoms with Gasteiger partial charge in [-0.2, -0.15) is 5.10 Å². The fourth-order valence-corrected chi connectivity index (χ4v) is 2.84. The van der Waals surface area contributed by atoms with Crippen molar-refractivity contribution in [3.05, 3.63) is 94.5 Å². The van der Waals surface area contributed by atoms with Crippen molar-refractivity contribution in [2.75, 3.05) is 5.32 Å². The molecule has 0 atom stereocenters. The molecule has 0 saturated heterocycles. The minimum absolute atomic E-state index is 0.404. The zero-order chi connectivity index (χ0) is 21.3. The second-order valence-corrected chi connectivity index (χ2v) is 6.86. The van der Waals surface area contributed by atoms with E-state index in [0.29, 0.717) is 28.6 Å². The van der Waals surface area contributed by atoms with Crippen LogP contribution in [0.5, 0.6) is 5.75 Å². The second-order valence-electron chi connectivity index (χ2n) is 6.42. The standard InChI is InChI=1S/C23H20ClN3O3/c1-16-13-19(24)11-12-20(16)26-22(28)23(29)27-25-14-18-9-5-6-10-21(18)30-15-17-7-3-2-4-8-17/h2-14H,15H2,1H3,(H,26,28)(H,27,29)/b25-14+. The number of hydrogen-bond acceptors (Lipinski definition) is 4. The third-order valence-electron chi connectivity index (χ3n) is 4.17. The first-order valence-corrected chi connectivity index (χ1v) is 9.57. The Hall–Kier alpha value is -3.64. The van der Waals surface area contributed by atoms with Crippen LogP contribution in [0, 0.1) is 6.92 Å². The van der Waals surface area contributed by atoms with Crippen LogP contribution >= 0.6 is 11.6 Å². The first kappa shape index (κ1) is 21.1. The van der Waals surface area contributed by atoms with Gasteiger partial charge in [0, 0.05) is 16.3 Å². The third kappa shape index (κ3) is 5.93. The molecule has 2 N–H and O–H groups in total. The molecule has 0 aliphatic carbocycles. The van der Waals surface area contributed by atoms with Crippen molar-refractivity contribution >= 4 is 35.3 Å². The molecule has 7 heteroatoms. The molecule has 0 fully saturated rings. The maximum Gasteiger partial charge on any atom is 0.329 e. The molecule has 0 aliphatic heterocycles. The Morgan fingerprint density at radius 1 is 1.00 bits per heavy atom. The van der Waals surface area contributed by atoms with Gasteiger partial charge in [0.25, 0.3) is 0 Å². The summed E-state index contributed by atoms with van der Waals surface area (Å²) in [6, 6.07) is 22.0. The molecule has 0 unspecified atom stereocenters. The van der Waals surface area contributed by atoms with Gasteiger partial charge in [-0.1, -0.05) is 54.1 Å². The lowest BCUT2D eigenvalue weighted by Crippen LogP contribution is -2.32. The van der Waals surface area contributed by atoms with Crippen LogP contribution in [0.25, 0.3) is 0 Å². The summed E-state index contributed by atoms with van der Waals surface area (Å²) in [5.74, 6) is -1.10. The monoisotopic (exact) mass is 421 g/mol. The highest BCUT2D eigenvalue weighted by Gasteiger charge is 2.14. The largest absolute Gasteiger partial charge is 0.488 e. The Bertz CT molecular complexity index is 1070. The first-order chi connectivity index (χ1) is 14.5. The van der Waals surface area contributed by atoms with Gasteiger partial charge in [-0.05, 0) is 48.4 Å². The van der Waals surface area contributed by atoms with E-state index in [1.54, 1.807) is 31.2 Å². The molecule has 0 saturated carbocycles. The number of carbonyl (C=O) groups is 2. The summed E-state index contributed by atoms with van der Waals surface area (Å²) in [6.07, 6.45) is 1.43. The Morgan fingerprint density at radius 2 is 1.73 bits per heavy atom. The number of nitrogens with zero attached hydrogens (tertiary/aromatic N) is 1. The number of nitrogens with one attached hydrogen (secondary N) is 2. The van der Waals surface area contributed by atoms with Crippen molar-refractivity contribution in [3.8, 4) is 5.75 Å². The lowest BCUT2D eigenvalue weighted by molar-refractivity contribution is -0.136. The number of rotatable bonds is 6. The van der Waals surface area contributed by atoms with Crippen LogP contribution in [-0.2, 0) is 16.2 Å². The van der Waals surface area contributed by atoms with E-state index in [-0.39, 0.29) is 0 Å². The van der Waals surface area contributed by atoms with Crippen molar-refractivity contribution in [2.24, 2.45) is 5.10 Å². The first-order valence-electron chi connectivity index (χ1n) is 9.19. The molecule has 0 spiro atoms. The number of carbonyl (C=O) groups excluding carboxylic acids is 2. The molecular weight excluding hydrogens is 402 g/mol. The summed E-state index contributed by atoms with van der Waals surface area (Å²) in [6.45, 7) is 2.19. The van der Waals surface area contributed by atoms with Crippen molar-refractivity contribution in [1.29, 1.82) is 0 Å². The van der Waals surface area contributed by atoms with Crippen molar-refractivity contribution in [2.45, 2.75) is 13.5 Å². The summed E-state index contributed by atoms with van der Waals surface area (Å²) in [4.78, 5) is 24.1. The number of hydrogen-bond donors (Lipinski definition) is 2. The highest BCUT2D eigenvalue weighted by atomic mass is 35.5. The topological polar surface area (TPSA) is 79.8 Å². The molecule has 0 aromatic heterocycles. The highest BCUT2D eigenvalue weighted by molar-refractivity contribution is 6.39. The van der Waals surface area contributed by atoms with Crippen molar-refractivity contribution in [1.82, 2.24) is 5.43 Å². The van der Waals surface area contributed by atoms with Crippen LogP contribution in [-0.4, -0.2) is 18.0 Å². The Labute approximate surface area is 179 Å². The van der Waals surface area contributed by atoms with Crippen molar-refractivity contribution < 1.29 is 14.3 Å². The van der Waals surface area contributed by atoms with Crippen LogP contribution in [0.3, 0.4) is 0 Å². The fraction of sp³-hybridized carbons (Fsp3) is 0.0870. The molecule has 0 bridgehead atoms. The van der Waals surface area contributed by atoms with E-state index in [1.807, 2.05) is 48.5 Å². The van der Waals surface area contributed by atoms with Gasteiger partial charge in [-0.25, -0.2) is 5.43 Å². The zero-order valence-corrected chi connectivity index (χ0v) is 17.0. The van der Waals surface area contributed by atoms with Gasteiger partial charge < -0.3 is 10.1 Å². The molecule has 0 aliphatic rings. The molecule has 3 rings (SSSR count). The van der Waals surface area contributed by atoms with Crippen LogP contribution in [0.1, 0.15) is 16.7 Å². The lowest BCUT2D eigenvalue weighted by atomic mass is 10.2. The highest BCUT2D eigenvalue weighted by Crippen LogP contribution is 2.19. The van der Waals surface area contributed by atoms with E-state index >= 15 is 0 Å². The number of benzene rings is 3. The van der Waals surface area contributed by atoms with Crippen LogP contribution in [0.2, 0.25) is 5.02 Å². The summed E-state index contributed by atoms with van der Waals surface area (Å²) in [7, 11) is 0. The predicted molar refractivity (Wildman–Crippen MR) is 118 cm³/mol. The van der Waals surface area contributed by atoms with Crippen LogP contribution in [0.4, 0.5) is 5.69 Å². The summed E-state index contributed by atoms with van der Waals surface area (Å²) >= 11 is 5.89. The molecule has 0 heterocycles. The fourth-order valence-electron chi connectivity index (χ4n) is 2.61. The molecule has 2 amide bonds. The number of anilines is 1. The Balaban J connectivity index is 1.58. The van der Waals surface area contributed by atoms with Crippen molar-refractivity contribution in [3.63, 3.8) is 0 Å². The molecule has 30 heavy (non-hydrogen) atoms. The van der Waals surface area contributed by atoms with E-state index < -0.39 is 11.8 Å². The molecule has 152 valence electrons. The van der Waals surface area contributed by atoms with E-state index in [0.717, 1.165) is 11.1 Å². The van der Waals surface area contributed by atoms with E-state index in [1.165, 1.54) is 6.21 Å². The molecule has 6 nitrogen and oxygen atoms in total. The molecular formula is C23H20ClN3O3. The van der Waals surface area contributed by atoms with Gasteiger partial charge in [-0.3, -0.25) is 9.59 Å². The van der Waals surface area contributed by atoms with E-state index in [2.05, 4.69) is 15.8 Å². The van der Waals surface area contributed by atoms with Gasteiger partial charge >= 0.3 is 11.8 Å². The maximum absolute atomic E-state index is 12.1. The number of aryl methyl sites for hydroxylation is 1. The number of para-hydroxylation sites is 1. The second kappa shape index (κ2) is 10.2. The molecule has 0 radical (unpaired) electrons. The van der Waals surface area contributed by atoms with Gasteiger partial charge in [0.1, 0.15) is 12.4 Å². The molecule has 3 aromatic rings. The van der Waals surface area contributed by atoms with Gasteiger partial charge in [0.05, 0.1) is 6.21 Å². The smallest absolute Gasteiger partial charge is 0.329 e.